The predicted molar refractivity (Wildman–Crippen MR) is 76.4 cm³/mol. The summed E-state index contributed by atoms with van der Waals surface area (Å²) in [7, 11) is 0. The summed E-state index contributed by atoms with van der Waals surface area (Å²) in [6.07, 6.45) is 4.34. The van der Waals surface area contributed by atoms with Crippen molar-refractivity contribution in [3.8, 4) is 11.3 Å². The summed E-state index contributed by atoms with van der Waals surface area (Å²) in [4.78, 5) is 14.1. The van der Waals surface area contributed by atoms with E-state index in [-0.39, 0.29) is 5.69 Å². The Balaban J connectivity index is 2.32. The van der Waals surface area contributed by atoms with Crippen LogP contribution in [-0.4, -0.2) is 16.1 Å². The van der Waals surface area contributed by atoms with Crippen LogP contribution < -0.4 is 0 Å². The van der Waals surface area contributed by atoms with Gasteiger partial charge in [0.1, 0.15) is 5.69 Å². The SMILES string of the molecule is CCCCCc1cc(C(=O)O)[nH]c1-c1ccccc1. The van der Waals surface area contributed by atoms with Crippen molar-refractivity contribution in [2.75, 3.05) is 0 Å². The smallest absolute Gasteiger partial charge is 0.352 e. The first-order valence-electron chi connectivity index (χ1n) is 6.73. The molecule has 0 aliphatic heterocycles. The zero-order valence-corrected chi connectivity index (χ0v) is 11.1. The van der Waals surface area contributed by atoms with E-state index in [1.807, 2.05) is 30.3 Å². The quantitative estimate of drug-likeness (QED) is 0.765. The molecule has 0 aliphatic carbocycles. The van der Waals surface area contributed by atoms with Crippen LogP contribution in [0.4, 0.5) is 0 Å². The molecule has 0 fully saturated rings. The first-order chi connectivity index (χ1) is 9.22. The number of rotatable bonds is 6. The van der Waals surface area contributed by atoms with Crippen LogP contribution in [0.5, 0.6) is 0 Å². The highest BCUT2D eigenvalue weighted by Crippen LogP contribution is 2.25. The van der Waals surface area contributed by atoms with Crippen molar-refractivity contribution >= 4 is 5.97 Å². The number of carboxylic acid groups (broad SMARTS) is 1. The fourth-order valence-corrected chi connectivity index (χ4v) is 2.24. The lowest BCUT2D eigenvalue weighted by atomic mass is 10.0. The number of unbranched alkanes of at least 4 members (excludes halogenated alkanes) is 2. The first-order valence-corrected chi connectivity index (χ1v) is 6.73. The van der Waals surface area contributed by atoms with Gasteiger partial charge in [-0.15, -0.1) is 0 Å². The maximum absolute atomic E-state index is 11.1. The second kappa shape index (κ2) is 6.23. The molecular formula is C16H19NO2. The molecule has 2 aromatic rings. The van der Waals surface area contributed by atoms with Crippen molar-refractivity contribution in [3.05, 3.63) is 47.7 Å². The van der Waals surface area contributed by atoms with Gasteiger partial charge < -0.3 is 10.1 Å². The van der Waals surface area contributed by atoms with Crippen LogP contribution in [-0.2, 0) is 6.42 Å². The number of aromatic amines is 1. The monoisotopic (exact) mass is 257 g/mol. The molecule has 2 N–H and O–H groups in total. The van der Waals surface area contributed by atoms with Gasteiger partial charge in [-0.25, -0.2) is 4.79 Å². The standard InChI is InChI=1S/C16H19NO2/c1-2-3-5-10-13-11-14(16(18)19)17-15(13)12-8-6-4-7-9-12/h4,6-9,11,17H,2-3,5,10H2,1H3,(H,18,19). The summed E-state index contributed by atoms with van der Waals surface area (Å²) in [6, 6.07) is 11.7. The van der Waals surface area contributed by atoms with Gasteiger partial charge >= 0.3 is 5.97 Å². The number of aromatic nitrogens is 1. The first kappa shape index (κ1) is 13.4. The van der Waals surface area contributed by atoms with E-state index in [2.05, 4.69) is 11.9 Å². The lowest BCUT2D eigenvalue weighted by Gasteiger charge is -2.03. The van der Waals surface area contributed by atoms with Crippen molar-refractivity contribution in [1.82, 2.24) is 4.98 Å². The fourth-order valence-electron chi connectivity index (χ4n) is 2.24. The number of hydrogen-bond acceptors (Lipinski definition) is 1. The molecule has 0 amide bonds. The number of hydrogen-bond donors (Lipinski definition) is 2. The van der Waals surface area contributed by atoms with Crippen molar-refractivity contribution in [2.24, 2.45) is 0 Å². The van der Waals surface area contributed by atoms with E-state index in [9.17, 15) is 4.79 Å². The van der Waals surface area contributed by atoms with Gasteiger partial charge in [-0.3, -0.25) is 0 Å². The van der Waals surface area contributed by atoms with Crippen LogP contribution in [0.2, 0.25) is 0 Å². The van der Waals surface area contributed by atoms with Crippen molar-refractivity contribution in [1.29, 1.82) is 0 Å². The van der Waals surface area contributed by atoms with Crippen LogP contribution >= 0.6 is 0 Å². The number of carboxylic acids is 1. The van der Waals surface area contributed by atoms with E-state index in [1.165, 1.54) is 6.42 Å². The molecule has 1 aromatic heterocycles. The number of nitrogens with one attached hydrogen (secondary N) is 1. The molecular weight excluding hydrogens is 238 g/mol. The second-order valence-corrected chi connectivity index (χ2v) is 4.71. The average Bonchev–Trinajstić information content (AvgIpc) is 2.84. The summed E-state index contributed by atoms with van der Waals surface area (Å²) in [5.74, 6) is -0.904. The van der Waals surface area contributed by atoms with E-state index in [4.69, 9.17) is 5.11 Å². The molecule has 3 nitrogen and oxygen atoms in total. The van der Waals surface area contributed by atoms with Gasteiger partial charge in [0.25, 0.3) is 0 Å². The number of carbonyl (C=O) groups is 1. The van der Waals surface area contributed by atoms with Crippen LogP contribution in [0.1, 0.15) is 42.2 Å². The van der Waals surface area contributed by atoms with Gasteiger partial charge in [-0.05, 0) is 30.0 Å². The number of aromatic carboxylic acids is 1. The van der Waals surface area contributed by atoms with Gasteiger partial charge in [0.15, 0.2) is 0 Å². The summed E-state index contributed by atoms with van der Waals surface area (Å²) in [6.45, 7) is 2.16. The van der Waals surface area contributed by atoms with Crippen molar-refractivity contribution in [3.63, 3.8) is 0 Å². The Morgan fingerprint density at radius 2 is 1.95 bits per heavy atom. The van der Waals surface area contributed by atoms with Crippen LogP contribution in [0.3, 0.4) is 0 Å². The van der Waals surface area contributed by atoms with Gasteiger partial charge in [-0.1, -0.05) is 50.1 Å². The van der Waals surface area contributed by atoms with Crippen molar-refractivity contribution < 1.29 is 9.90 Å². The Morgan fingerprint density at radius 3 is 2.58 bits per heavy atom. The summed E-state index contributed by atoms with van der Waals surface area (Å²) in [5, 5.41) is 9.11. The van der Waals surface area contributed by atoms with Crippen LogP contribution in [0, 0.1) is 0 Å². The summed E-state index contributed by atoms with van der Waals surface area (Å²) < 4.78 is 0. The third kappa shape index (κ3) is 3.25. The highest BCUT2D eigenvalue weighted by molar-refractivity contribution is 5.87. The minimum absolute atomic E-state index is 0.269. The highest BCUT2D eigenvalue weighted by Gasteiger charge is 2.13. The molecule has 100 valence electrons. The topological polar surface area (TPSA) is 53.1 Å². The molecule has 0 atom stereocenters. The molecule has 1 heterocycles. The van der Waals surface area contributed by atoms with E-state index in [0.29, 0.717) is 0 Å². The van der Waals surface area contributed by atoms with E-state index >= 15 is 0 Å². The molecule has 0 aliphatic rings. The Bertz CT molecular complexity index is 543. The Kier molecular flexibility index (Phi) is 4.39. The molecule has 2 rings (SSSR count). The summed E-state index contributed by atoms with van der Waals surface area (Å²) >= 11 is 0. The minimum Gasteiger partial charge on any atom is -0.477 e. The van der Waals surface area contributed by atoms with Gasteiger partial charge in [0.2, 0.25) is 0 Å². The van der Waals surface area contributed by atoms with Gasteiger partial charge in [-0.2, -0.15) is 0 Å². The number of benzene rings is 1. The molecule has 1 aromatic carbocycles. The van der Waals surface area contributed by atoms with Crippen LogP contribution in [0.25, 0.3) is 11.3 Å². The third-order valence-corrected chi connectivity index (χ3v) is 3.24. The van der Waals surface area contributed by atoms with Gasteiger partial charge in [0.05, 0.1) is 0 Å². The minimum atomic E-state index is -0.904. The average molecular weight is 257 g/mol. The lowest BCUT2D eigenvalue weighted by molar-refractivity contribution is 0.0691. The normalized spacial score (nSPS) is 10.6. The molecule has 0 unspecified atom stereocenters. The molecule has 19 heavy (non-hydrogen) atoms. The third-order valence-electron chi connectivity index (χ3n) is 3.24. The molecule has 0 radical (unpaired) electrons. The predicted octanol–water partition coefficient (Wildman–Crippen LogP) is 4.11. The number of aryl methyl sites for hydroxylation is 1. The Labute approximate surface area is 113 Å². The van der Waals surface area contributed by atoms with Crippen molar-refractivity contribution in [2.45, 2.75) is 32.6 Å². The fraction of sp³-hybridized carbons (Fsp3) is 0.312. The van der Waals surface area contributed by atoms with E-state index in [0.717, 1.165) is 36.1 Å². The number of H-pyrrole nitrogens is 1. The molecule has 3 heteroatoms. The Morgan fingerprint density at radius 1 is 1.21 bits per heavy atom. The molecule has 0 saturated heterocycles. The zero-order chi connectivity index (χ0) is 13.7. The van der Waals surface area contributed by atoms with Gasteiger partial charge in [0, 0.05) is 5.69 Å². The second-order valence-electron chi connectivity index (χ2n) is 4.71. The van der Waals surface area contributed by atoms with E-state index < -0.39 is 5.97 Å². The largest absolute Gasteiger partial charge is 0.477 e. The highest BCUT2D eigenvalue weighted by atomic mass is 16.4. The molecule has 0 saturated carbocycles. The van der Waals surface area contributed by atoms with Crippen LogP contribution in [0.15, 0.2) is 36.4 Å². The lowest BCUT2D eigenvalue weighted by Crippen LogP contribution is -1.95. The maximum Gasteiger partial charge on any atom is 0.352 e. The Hall–Kier alpha value is -2.03. The molecule has 0 spiro atoms. The summed E-state index contributed by atoms with van der Waals surface area (Å²) in [5.41, 5.74) is 3.35. The molecule has 0 bridgehead atoms. The maximum atomic E-state index is 11.1. The zero-order valence-electron chi connectivity index (χ0n) is 11.1. The van der Waals surface area contributed by atoms with E-state index in [1.54, 1.807) is 6.07 Å².